The van der Waals surface area contributed by atoms with E-state index in [9.17, 15) is 4.79 Å². The van der Waals surface area contributed by atoms with Crippen molar-refractivity contribution in [2.24, 2.45) is 0 Å². The highest BCUT2D eigenvalue weighted by molar-refractivity contribution is 5.96. The molecule has 3 rings (SSSR count). The molecule has 0 saturated carbocycles. The highest BCUT2D eigenvalue weighted by atomic mass is 16.5. The number of pyridine rings is 1. The van der Waals surface area contributed by atoms with Crippen LogP contribution in [0.2, 0.25) is 0 Å². The molecule has 9 nitrogen and oxygen atoms in total. The van der Waals surface area contributed by atoms with Crippen molar-refractivity contribution >= 4 is 23.4 Å². The average Bonchev–Trinajstić information content (AvgIpc) is 3.00. The molecule has 0 aliphatic rings. The van der Waals surface area contributed by atoms with Gasteiger partial charge in [0.15, 0.2) is 5.82 Å². The van der Waals surface area contributed by atoms with Crippen LogP contribution in [0.25, 0.3) is 0 Å². The largest absolute Gasteiger partial charge is 0.367 e. The zero-order valence-corrected chi connectivity index (χ0v) is 15.4. The number of anilines is 3. The van der Waals surface area contributed by atoms with Gasteiger partial charge in [0.25, 0.3) is 5.91 Å². The Balaban J connectivity index is 1.45. The molecular formula is C18H21N7O2. The first-order chi connectivity index (χ1) is 13.0. The Morgan fingerprint density at radius 2 is 1.74 bits per heavy atom. The van der Waals surface area contributed by atoms with Gasteiger partial charge in [-0.15, -0.1) is 10.2 Å². The molecule has 0 aliphatic carbocycles. The second-order valence-electron chi connectivity index (χ2n) is 6.03. The number of aromatic nitrogens is 4. The van der Waals surface area contributed by atoms with Gasteiger partial charge < -0.3 is 20.5 Å². The average molecular weight is 367 g/mol. The molecule has 140 valence electrons. The molecule has 0 radical (unpaired) electrons. The molecule has 3 aromatic rings. The van der Waals surface area contributed by atoms with Crippen LogP contribution in [0, 0.1) is 20.8 Å². The van der Waals surface area contributed by atoms with E-state index in [1.54, 1.807) is 32.2 Å². The number of nitrogens with one attached hydrogen (secondary N) is 3. The van der Waals surface area contributed by atoms with E-state index in [0.29, 0.717) is 47.6 Å². The summed E-state index contributed by atoms with van der Waals surface area (Å²) in [5.41, 5.74) is 2.15. The normalized spacial score (nSPS) is 10.5. The van der Waals surface area contributed by atoms with Crippen LogP contribution in [-0.2, 0) is 0 Å². The van der Waals surface area contributed by atoms with E-state index in [-0.39, 0.29) is 5.91 Å². The van der Waals surface area contributed by atoms with Crippen LogP contribution in [0.15, 0.2) is 35.0 Å². The molecule has 1 amide bonds. The van der Waals surface area contributed by atoms with Crippen LogP contribution in [0.5, 0.6) is 0 Å². The fraction of sp³-hybridized carbons (Fsp3) is 0.278. The molecule has 27 heavy (non-hydrogen) atoms. The van der Waals surface area contributed by atoms with Gasteiger partial charge in [-0.05, 0) is 44.5 Å². The van der Waals surface area contributed by atoms with Crippen molar-refractivity contribution in [3.63, 3.8) is 0 Å². The molecule has 9 heteroatoms. The van der Waals surface area contributed by atoms with E-state index in [4.69, 9.17) is 4.52 Å². The second kappa shape index (κ2) is 8.26. The summed E-state index contributed by atoms with van der Waals surface area (Å²) in [6, 6.07) is 7.46. The van der Waals surface area contributed by atoms with Gasteiger partial charge in [0.2, 0.25) is 0 Å². The Labute approximate surface area is 156 Å². The van der Waals surface area contributed by atoms with E-state index in [0.717, 1.165) is 5.56 Å². The molecule has 0 bridgehead atoms. The van der Waals surface area contributed by atoms with Crippen LogP contribution < -0.4 is 16.0 Å². The van der Waals surface area contributed by atoms with Crippen molar-refractivity contribution in [2.45, 2.75) is 20.8 Å². The van der Waals surface area contributed by atoms with Crippen molar-refractivity contribution in [1.29, 1.82) is 0 Å². The minimum atomic E-state index is -0.204. The van der Waals surface area contributed by atoms with Crippen LogP contribution in [0.4, 0.5) is 17.5 Å². The number of hydrogen-bond acceptors (Lipinski definition) is 8. The zero-order valence-electron chi connectivity index (χ0n) is 15.4. The molecule has 0 spiro atoms. The minimum absolute atomic E-state index is 0.204. The predicted molar refractivity (Wildman–Crippen MR) is 101 cm³/mol. The Morgan fingerprint density at radius 3 is 2.37 bits per heavy atom. The fourth-order valence-corrected chi connectivity index (χ4v) is 2.43. The van der Waals surface area contributed by atoms with Crippen LogP contribution in [-0.4, -0.2) is 39.3 Å². The summed E-state index contributed by atoms with van der Waals surface area (Å²) in [6.45, 7) is 6.37. The van der Waals surface area contributed by atoms with Gasteiger partial charge in [-0.2, -0.15) is 0 Å². The molecule has 0 fully saturated rings. The zero-order chi connectivity index (χ0) is 19.2. The summed E-state index contributed by atoms with van der Waals surface area (Å²) < 4.78 is 5.00. The third kappa shape index (κ3) is 4.78. The van der Waals surface area contributed by atoms with E-state index in [1.807, 2.05) is 19.1 Å². The topological polar surface area (TPSA) is 118 Å². The fourth-order valence-electron chi connectivity index (χ4n) is 2.43. The quantitative estimate of drug-likeness (QED) is 0.545. The Morgan fingerprint density at radius 1 is 1.00 bits per heavy atom. The van der Waals surface area contributed by atoms with Gasteiger partial charge in [0, 0.05) is 19.3 Å². The summed E-state index contributed by atoms with van der Waals surface area (Å²) in [6.07, 6.45) is 1.78. The molecular weight excluding hydrogens is 346 g/mol. The molecule has 0 aromatic carbocycles. The molecule has 3 heterocycles. The number of rotatable bonds is 7. The molecule has 0 saturated heterocycles. The summed E-state index contributed by atoms with van der Waals surface area (Å²) in [5.74, 6) is 2.23. The van der Waals surface area contributed by atoms with Crippen molar-refractivity contribution in [1.82, 2.24) is 25.7 Å². The van der Waals surface area contributed by atoms with Gasteiger partial charge in [0.05, 0.1) is 5.69 Å². The summed E-state index contributed by atoms with van der Waals surface area (Å²) in [5, 5.41) is 21.0. The summed E-state index contributed by atoms with van der Waals surface area (Å²) in [4.78, 5) is 16.4. The SMILES string of the molecule is Cc1ccc(Nc2ccc(NCCNC(=O)c3c(C)noc3C)nn2)nc1. The minimum Gasteiger partial charge on any atom is -0.367 e. The van der Waals surface area contributed by atoms with Crippen molar-refractivity contribution in [2.75, 3.05) is 23.7 Å². The van der Waals surface area contributed by atoms with Crippen LogP contribution in [0.3, 0.4) is 0 Å². The Hall–Kier alpha value is -3.49. The van der Waals surface area contributed by atoms with Crippen LogP contribution >= 0.6 is 0 Å². The lowest BCUT2D eigenvalue weighted by Crippen LogP contribution is -2.29. The van der Waals surface area contributed by atoms with Gasteiger partial charge >= 0.3 is 0 Å². The summed E-state index contributed by atoms with van der Waals surface area (Å²) in [7, 11) is 0. The number of carbonyl (C=O) groups is 1. The number of nitrogens with zero attached hydrogens (tertiary/aromatic N) is 4. The number of aryl methyl sites for hydroxylation is 3. The van der Waals surface area contributed by atoms with Gasteiger partial charge in [-0.3, -0.25) is 4.79 Å². The van der Waals surface area contributed by atoms with Crippen molar-refractivity contribution in [3.8, 4) is 0 Å². The van der Waals surface area contributed by atoms with E-state index in [2.05, 4.69) is 36.3 Å². The molecule has 0 aliphatic heterocycles. The first-order valence-electron chi connectivity index (χ1n) is 8.51. The first kappa shape index (κ1) is 18.3. The van der Waals surface area contributed by atoms with E-state index >= 15 is 0 Å². The smallest absolute Gasteiger partial charge is 0.256 e. The van der Waals surface area contributed by atoms with Crippen molar-refractivity contribution in [3.05, 3.63) is 53.0 Å². The molecule has 0 unspecified atom stereocenters. The van der Waals surface area contributed by atoms with Gasteiger partial charge in [-0.1, -0.05) is 11.2 Å². The maximum atomic E-state index is 12.1. The monoisotopic (exact) mass is 367 g/mol. The third-order valence-electron chi connectivity index (χ3n) is 3.81. The van der Waals surface area contributed by atoms with Gasteiger partial charge in [-0.25, -0.2) is 4.98 Å². The number of amides is 1. The number of hydrogen-bond donors (Lipinski definition) is 3. The Kier molecular flexibility index (Phi) is 5.60. The number of carbonyl (C=O) groups excluding carboxylic acids is 1. The maximum Gasteiger partial charge on any atom is 0.256 e. The molecule has 0 atom stereocenters. The van der Waals surface area contributed by atoms with E-state index in [1.165, 1.54) is 0 Å². The molecule has 3 aromatic heterocycles. The Bertz CT molecular complexity index is 885. The predicted octanol–water partition coefficient (Wildman–Crippen LogP) is 2.37. The highest BCUT2D eigenvalue weighted by Gasteiger charge is 2.16. The lowest BCUT2D eigenvalue weighted by Gasteiger charge is -2.08. The summed E-state index contributed by atoms with van der Waals surface area (Å²) >= 11 is 0. The lowest BCUT2D eigenvalue weighted by atomic mass is 10.2. The first-order valence-corrected chi connectivity index (χ1v) is 8.51. The van der Waals surface area contributed by atoms with Gasteiger partial charge in [0.1, 0.15) is 23.0 Å². The lowest BCUT2D eigenvalue weighted by molar-refractivity contribution is 0.0953. The highest BCUT2D eigenvalue weighted by Crippen LogP contribution is 2.13. The third-order valence-corrected chi connectivity index (χ3v) is 3.81. The van der Waals surface area contributed by atoms with Crippen LogP contribution in [0.1, 0.15) is 27.4 Å². The second-order valence-corrected chi connectivity index (χ2v) is 6.03. The van der Waals surface area contributed by atoms with E-state index < -0.39 is 0 Å². The van der Waals surface area contributed by atoms with Crippen molar-refractivity contribution < 1.29 is 9.32 Å². The molecule has 3 N–H and O–H groups in total. The maximum absolute atomic E-state index is 12.1. The standard InChI is InChI=1S/C18H21N7O2/c1-11-4-5-14(21-10-11)22-16-7-6-15(23-24-16)19-8-9-20-18(26)17-12(2)25-27-13(17)3/h4-7,10H,8-9H2,1-3H3,(H,19,23)(H,20,26)(H,21,22,24).